The summed E-state index contributed by atoms with van der Waals surface area (Å²) in [5.41, 5.74) is 5.32. The average molecular weight is 116 g/mol. The van der Waals surface area contributed by atoms with Gasteiger partial charge in [0.2, 0.25) is 0 Å². The normalized spacial score (nSPS) is 27.4. The lowest BCUT2D eigenvalue weighted by molar-refractivity contribution is 0.0460. The maximum atomic E-state index is 8.61. The molecule has 0 unspecified atom stereocenters. The number of aliphatic hydroxyl groups is 1. The topological polar surface area (TPSA) is 49.5 Å². The third kappa shape index (κ3) is 0.844. The van der Waals surface area contributed by atoms with Gasteiger partial charge in [0.15, 0.2) is 0 Å². The molecule has 3 heteroatoms. The highest BCUT2D eigenvalue weighted by molar-refractivity contribution is 4.97. The summed E-state index contributed by atoms with van der Waals surface area (Å²) in [6.45, 7) is 1.75. The molecule has 1 aliphatic heterocycles. The average Bonchev–Trinajstić information content (AvgIpc) is 1.63. The number of likely N-dealkylation sites (tertiary alicyclic amines) is 1. The van der Waals surface area contributed by atoms with E-state index in [1.165, 1.54) is 0 Å². The summed E-state index contributed by atoms with van der Waals surface area (Å²) in [5, 5.41) is 8.61. The van der Waals surface area contributed by atoms with Gasteiger partial charge in [0.1, 0.15) is 0 Å². The van der Waals surface area contributed by atoms with Crippen LogP contribution in [-0.2, 0) is 0 Å². The van der Waals surface area contributed by atoms with E-state index in [9.17, 15) is 0 Å². The summed E-state index contributed by atoms with van der Waals surface area (Å²) in [6.07, 6.45) is 0. The number of hydrogen-bond donors (Lipinski definition) is 2. The van der Waals surface area contributed by atoms with Crippen molar-refractivity contribution >= 4 is 0 Å². The van der Waals surface area contributed by atoms with Crippen LogP contribution in [0.25, 0.3) is 0 Å². The summed E-state index contributed by atoms with van der Waals surface area (Å²) < 4.78 is 0. The van der Waals surface area contributed by atoms with E-state index in [4.69, 9.17) is 10.8 Å². The van der Waals surface area contributed by atoms with Crippen LogP contribution in [0.4, 0.5) is 0 Å². The van der Waals surface area contributed by atoms with Crippen molar-refractivity contribution in [3.63, 3.8) is 0 Å². The van der Waals surface area contributed by atoms with Crippen LogP contribution in [0.15, 0.2) is 0 Å². The lowest BCUT2D eigenvalue weighted by atomic mass is 9.93. The molecule has 1 aliphatic rings. The summed E-state index contributed by atoms with van der Waals surface area (Å²) in [7, 11) is 1.99. The smallest absolute Gasteiger partial charge is 0.0646 e. The van der Waals surface area contributed by atoms with E-state index in [0.29, 0.717) is 0 Å². The van der Waals surface area contributed by atoms with Crippen LogP contribution in [0, 0.1) is 0 Å². The molecule has 0 spiro atoms. The highest BCUT2D eigenvalue weighted by Crippen LogP contribution is 2.13. The molecule has 1 rings (SSSR count). The summed E-state index contributed by atoms with van der Waals surface area (Å²) in [6, 6.07) is 0. The van der Waals surface area contributed by atoms with Crippen molar-refractivity contribution in [2.24, 2.45) is 5.73 Å². The van der Waals surface area contributed by atoms with Gasteiger partial charge in [-0.15, -0.1) is 0 Å². The number of nitrogens with two attached hydrogens (primary N) is 1. The van der Waals surface area contributed by atoms with Crippen LogP contribution in [0.3, 0.4) is 0 Å². The second kappa shape index (κ2) is 1.69. The predicted octanol–water partition coefficient (Wildman–Crippen LogP) is -1.38. The van der Waals surface area contributed by atoms with E-state index < -0.39 is 0 Å². The molecule has 1 saturated heterocycles. The highest BCUT2D eigenvalue weighted by atomic mass is 16.3. The number of nitrogens with zero attached hydrogens (tertiary/aromatic N) is 1. The largest absolute Gasteiger partial charge is 0.394 e. The van der Waals surface area contributed by atoms with Crippen LogP contribution >= 0.6 is 0 Å². The zero-order chi connectivity index (χ0) is 6.20. The molecule has 48 valence electrons. The Balaban J connectivity index is 2.30. The SMILES string of the molecule is CN1CC(N)(CO)C1. The molecule has 0 bridgehead atoms. The molecule has 8 heavy (non-hydrogen) atoms. The minimum Gasteiger partial charge on any atom is -0.394 e. The Hall–Kier alpha value is -0.120. The number of rotatable bonds is 1. The minimum atomic E-state index is -0.283. The predicted molar refractivity (Wildman–Crippen MR) is 31.5 cm³/mol. The van der Waals surface area contributed by atoms with E-state index in [2.05, 4.69) is 4.90 Å². The monoisotopic (exact) mass is 116 g/mol. The Kier molecular flexibility index (Phi) is 1.27. The first kappa shape index (κ1) is 6.01. The van der Waals surface area contributed by atoms with Gasteiger partial charge in [-0.2, -0.15) is 0 Å². The molecule has 3 nitrogen and oxygen atoms in total. The number of aliphatic hydroxyl groups excluding tert-OH is 1. The van der Waals surface area contributed by atoms with Gasteiger partial charge in [-0.1, -0.05) is 0 Å². The van der Waals surface area contributed by atoms with Crippen molar-refractivity contribution in [3.05, 3.63) is 0 Å². The molecule has 1 heterocycles. The first-order valence-corrected chi connectivity index (χ1v) is 2.75. The zero-order valence-electron chi connectivity index (χ0n) is 5.09. The Morgan fingerprint density at radius 3 is 2.38 bits per heavy atom. The zero-order valence-corrected chi connectivity index (χ0v) is 5.09. The summed E-state index contributed by atoms with van der Waals surface area (Å²) in [5.74, 6) is 0. The Morgan fingerprint density at radius 2 is 2.25 bits per heavy atom. The van der Waals surface area contributed by atoms with E-state index in [1.54, 1.807) is 0 Å². The van der Waals surface area contributed by atoms with Gasteiger partial charge in [-0.05, 0) is 7.05 Å². The van der Waals surface area contributed by atoms with Gasteiger partial charge in [0, 0.05) is 13.1 Å². The Morgan fingerprint density at radius 1 is 1.75 bits per heavy atom. The molecule has 0 saturated carbocycles. The van der Waals surface area contributed by atoms with Crippen LogP contribution in [0.1, 0.15) is 0 Å². The summed E-state index contributed by atoms with van der Waals surface area (Å²) >= 11 is 0. The first-order chi connectivity index (χ1) is 3.66. The van der Waals surface area contributed by atoms with E-state index >= 15 is 0 Å². The molecule has 3 N–H and O–H groups in total. The maximum absolute atomic E-state index is 8.61. The van der Waals surface area contributed by atoms with Gasteiger partial charge in [0.05, 0.1) is 12.1 Å². The molecule has 0 aromatic heterocycles. The molecule has 0 aliphatic carbocycles. The highest BCUT2D eigenvalue weighted by Gasteiger charge is 2.35. The maximum Gasteiger partial charge on any atom is 0.0646 e. The second-order valence-corrected chi connectivity index (χ2v) is 2.69. The summed E-state index contributed by atoms with van der Waals surface area (Å²) in [4.78, 5) is 2.08. The van der Waals surface area contributed by atoms with Crippen LogP contribution in [0.2, 0.25) is 0 Å². The van der Waals surface area contributed by atoms with Crippen LogP contribution < -0.4 is 5.73 Å². The number of likely N-dealkylation sites (N-methyl/N-ethyl adjacent to an activating group) is 1. The third-order valence-electron chi connectivity index (χ3n) is 1.48. The van der Waals surface area contributed by atoms with Crippen molar-refractivity contribution in [1.29, 1.82) is 0 Å². The molecular formula is C5H12N2O. The van der Waals surface area contributed by atoms with E-state index in [-0.39, 0.29) is 12.1 Å². The molecule has 0 amide bonds. The Bertz CT molecular complexity index is 88.4. The van der Waals surface area contributed by atoms with E-state index in [1.807, 2.05) is 7.05 Å². The lowest BCUT2D eigenvalue weighted by Crippen LogP contribution is -2.67. The van der Waals surface area contributed by atoms with Crippen molar-refractivity contribution < 1.29 is 5.11 Å². The molecule has 0 aromatic rings. The minimum absolute atomic E-state index is 0.108. The molecule has 0 atom stereocenters. The number of hydrogen-bond acceptors (Lipinski definition) is 3. The van der Waals surface area contributed by atoms with Gasteiger partial charge in [-0.25, -0.2) is 0 Å². The van der Waals surface area contributed by atoms with Crippen molar-refractivity contribution in [2.75, 3.05) is 26.7 Å². The van der Waals surface area contributed by atoms with Gasteiger partial charge >= 0.3 is 0 Å². The van der Waals surface area contributed by atoms with Gasteiger partial charge < -0.3 is 15.7 Å². The first-order valence-electron chi connectivity index (χ1n) is 2.75. The van der Waals surface area contributed by atoms with Gasteiger partial charge in [-0.3, -0.25) is 0 Å². The molecule has 1 fully saturated rings. The van der Waals surface area contributed by atoms with Crippen molar-refractivity contribution in [3.8, 4) is 0 Å². The Labute approximate surface area is 49.1 Å². The fourth-order valence-corrected chi connectivity index (χ4v) is 1.13. The quantitative estimate of drug-likeness (QED) is 0.444. The molecule has 0 aromatic carbocycles. The van der Waals surface area contributed by atoms with Crippen LogP contribution in [0.5, 0.6) is 0 Å². The standard InChI is InChI=1S/C5H12N2O/c1-7-2-5(6,3-7)4-8/h8H,2-4,6H2,1H3. The third-order valence-corrected chi connectivity index (χ3v) is 1.48. The van der Waals surface area contributed by atoms with Crippen molar-refractivity contribution in [2.45, 2.75) is 5.54 Å². The van der Waals surface area contributed by atoms with Crippen molar-refractivity contribution in [1.82, 2.24) is 4.90 Å². The molecule has 0 radical (unpaired) electrons. The fraction of sp³-hybridized carbons (Fsp3) is 1.00. The second-order valence-electron chi connectivity index (χ2n) is 2.69. The van der Waals surface area contributed by atoms with E-state index in [0.717, 1.165) is 13.1 Å². The molecular weight excluding hydrogens is 104 g/mol. The lowest BCUT2D eigenvalue weighted by Gasteiger charge is -2.44. The van der Waals surface area contributed by atoms with Gasteiger partial charge in [0.25, 0.3) is 0 Å². The van der Waals surface area contributed by atoms with Crippen LogP contribution in [-0.4, -0.2) is 42.3 Å². The fourth-order valence-electron chi connectivity index (χ4n) is 1.13.